The van der Waals surface area contributed by atoms with Crippen LogP contribution < -0.4 is 15.8 Å². The number of hydrogen-bond donors (Lipinski definition) is 2. The first-order chi connectivity index (χ1) is 33.2. The van der Waals surface area contributed by atoms with E-state index in [4.69, 9.17) is 22.1 Å². The summed E-state index contributed by atoms with van der Waals surface area (Å²) in [7, 11) is 0. The van der Waals surface area contributed by atoms with Gasteiger partial charge >= 0.3 is 0 Å². The summed E-state index contributed by atoms with van der Waals surface area (Å²) in [6.45, 7) is 21.0. The van der Waals surface area contributed by atoms with E-state index >= 15 is 4.39 Å². The Kier molecular flexibility index (Phi) is 16.6. The smallest absolute Gasteiger partial charge is 0.252 e. The van der Waals surface area contributed by atoms with Crippen LogP contribution in [0.3, 0.4) is 0 Å². The van der Waals surface area contributed by atoms with Crippen molar-refractivity contribution in [3.05, 3.63) is 126 Å². The first kappa shape index (κ1) is 51.5. The average molecular weight is 1020 g/mol. The zero-order chi connectivity index (χ0) is 48.8. The van der Waals surface area contributed by atoms with Gasteiger partial charge in [-0.05, 0) is 57.4 Å². The molecule has 17 nitrogen and oxygen atoms in total. The number of carbonyl (C=O) groups is 5. The molecule has 2 saturated heterocycles. The molecule has 1 unspecified atom stereocenters. The van der Waals surface area contributed by atoms with Gasteiger partial charge in [0, 0.05) is 109 Å². The number of para-hydroxylation sites is 1. The number of carbonyl (C=O) groups excluding carboxylic acids is 5. The van der Waals surface area contributed by atoms with Crippen molar-refractivity contribution < 1.29 is 65.8 Å². The third kappa shape index (κ3) is 11.6. The van der Waals surface area contributed by atoms with Crippen LogP contribution in [0.1, 0.15) is 61.9 Å². The molecule has 2 aromatic heterocycles. The van der Waals surface area contributed by atoms with Crippen LogP contribution in [0.4, 0.5) is 10.2 Å². The Labute approximate surface area is 431 Å². The molecule has 4 aliphatic rings. The minimum absolute atomic E-state index is 0. The van der Waals surface area contributed by atoms with E-state index in [2.05, 4.69) is 42.9 Å². The number of anilines is 1. The van der Waals surface area contributed by atoms with Crippen molar-refractivity contribution in [2.75, 3.05) is 51.5 Å². The molecule has 1 aliphatic carbocycles. The van der Waals surface area contributed by atoms with Gasteiger partial charge in [-0.2, -0.15) is 29.4 Å². The molecule has 3 amide bonds. The van der Waals surface area contributed by atoms with E-state index < -0.39 is 17.4 Å². The molecule has 5 heterocycles. The predicted molar refractivity (Wildman–Crippen MR) is 254 cm³/mol. The molecule has 1 saturated carbocycles. The molecule has 2 atom stereocenters. The number of piperazine rings is 1. The van der Waals surface area contributed by atoms with E-state index in [0.717, 1.165) is 44.7 Å². The Balaban J connectivity index is 0.000000317. The van der Waals surface area contributed by atoms with Crippen LogP contribution in [0.25, 0.3) is 27.1 Å². The molecular formula is C51H54FN11O6Y-2. The number of amides is 3. The Morgan fingerprint density at radius 1 is 1.01 bits per heavy atom. The molecule has 9 rings (SSSR count). The van der Waals surface area contributed by atoms with Gasteiger partial charge in [0.25, 0.3) is 5.91 Å². The number of likely N-dealkylation sites (tertiary alicyclic amines) is 1. The van der Waals surface area contributed by atoms with Crippen molar-refractivity contribution in [1.82, 2.24) is 44.7 Å². The Bertz CT molecular complexity index is 2840. The van der Waals surface area contributed by atoms with Gasteiger partial charge in [-0.3, -0.25) is 29.0 Å². The third-order valence-corrected chi connectivity index (χ3v) is 13.1. The number of ketones is 2. The van der Waals surface area contributed by atoms with Gasteiger partial charge in [0.15, 0.2) is 17.3 Å². The number of benzene rings is 3. The molecule has 5 aromatic rings. The van der Waals surface area contributed by atoms with E-state index in [0.29, 0.717) is 72.7 Å². The second-order valence-corrected chi connectivity index (χ2v) is 18.0. The molecule has 0 spiro atoms. The van der Waals surface area contributed by atoms with E-state index in [1.807, 2.05) is 32.0 Å². The predicted octanol–water partition coefficient (Wildman–Crippen LogP) is 5.28. The number of fused-ring (bicyclic) bond motifs is 2. The van der Waals surface area contributed by atoms with Gasteiger partial charge in [-0.25, -0.2) is 23.9 Å². The maximum absolute atomic E-state index is 15.7. The monoisotopic (exact) mass is 1020 g/mol. The van der Waals surface area contributed by atoms with Crippen LogP contribution in [0.15, 0.2) is 84.8 Å². The first-order valence-corrected chi connectivity index (χ1v) is 23.0. The minimum Gasteiger partial charge on any atom is -0.457 e. The summed E-state index contributed by atoms with van der Waals surface area (Å²) in [6, 6.07) is 21.3. The second kappa shape index (κ2) is 22.6. The molecule has 0 bridgehead atoms. The molecule has 361 valence electrons. The van der Waals surface area contributed by atoms with Gasteiger partial charge in [0.05, 0.1) is 42.9 Å². The fraction of sp³-hybridized carbons (Fsp3) is 0.373. The molecular weight excluding hydrogens is 971 g/mol. The van der Waals surface area contributed by atoms with Gasteiger partial charge < -0.3 is 37.3 Å². The standard InChI is InChI=1S/C37H42FN10O3.C14H12NO3.Y/c1-25(49)41-14-16-45-17-19-46(20-18-45)37(2,3)22-31(40-4)36(50)47-15-8-9-26(47)23-48-35-32(34(39)42-24-43-35)33(44-48)29-13-12-28(21-30(29)38)51-27-10-6-5-7-11-27;16-10-5-6-12(13(17)7-10)15-8-9-3-1-2-4-11(9)14(15)18;/h5-7,10-13,21-22,24,26H,1,8-9,14-20,23H2,2-3H3,(H,41,49)(H2,39,42,43);1-2,4,12H,5-8H2;/q2*-1;/b31-22-;;/t26-;;/m0../s1. The number of Topliss-reactive ketones (excluding diaryl/α,β-unsaturated/α-hetero) is 2. The van der Waals surface area contributed by atoms with E-state index in [1.54, 1.807) is 63.0 Å². The van der Waals surface area contributed by atoms with Crippen molar-refractivity contribution in [3.63, 3.8) is 0 Å². The van der Waals surface area contributed by atoms with Crippen molar-refractivity contribution in [2.24, 2.45) is 0 Å². The van der Waals surface area contributed by atoms with Gasteiger partial charge in [-0.15, -0.1) is 5.56 Å². The normalized spacial score (nSPS) is 18.7. The fourth-order valence-corrected chi connectivity index (χ4v) is 9.47. The quantitative estimate of drug-likeness (QED) is 0.0936. The number of rotatable bonds is 12. The topological polar surface area (TPSA) is 194 Å². The van der Waals surface area contributed by atoms with Crippen LogP contribution >= 0.6 is 0 Å². The first-order valence-electron chi connectivity index (χ1n) is 23.0. The summed E-state index contributed by atoms with van der Waals surface area (Å²) in [5.41, 5.74) is 8.25. The fourth-order valence-electron chi connectivity index (χ4n) is 9.47. The number of nitrogen functional groups attached to an aromatic ring is 1. The number of ether oxygens (including phenoxy) is 1. The van der Waals surface area contributed by atoms with Crippen LogP contribution in [-0.4, -0.2) is 132 Å². The maximum atomic E-state index is 15.7. The summed E-state index contributed by atoms with van der Waals surface area (Å²) in [4.78, 5) is 80.5. The molecule has 1 radical (unpaired) electrons. The summed E-state index contributed by atoms with van der Waals surface area (Å²) in [5, 5.41) is 7.92. The molecule has 3 aromatic carbocycles. The summed E-state index contributed by atoms with van der Waals surface area (Å²) in [5.74, 6) is -0.348. The second-order valence-electron chi connectivity index (χ2n) is 18.0. The van der Waals surface area contributed by atoms with E-state index in [9.17, 15) is 24.0 Å². The summed E-state index contributed by atoms with van der Waals surface area (Å²) < 4.78 is 23.1. The van der Waals surface area contributed by atoms with E-state index in [1.165, 1.54) is 12.4 Å². The van der Waals surface area contributed by atoms with E-state index in [-0.39, 0.29) is 98.1 Å². The number of nitrogens with one attached hydrogen (secondary N) is 1. The van der Waals surface area contributed by atoms with Gasteiger partial charge in [0.2, 0.25) is 5.70 Å². The van der Waals surface area contributed by atoms with Crippen LogP contribution in [0, 0.1) is 25.4 Å². The largest absolute Gasteiger partial charge is 0.457 e. The van der Waals surface area contributed by atoms with Crippen molar-refractivity contribution in [3.8, 4) is 22.8 Å². The van der Waals surface area contributed by atoms with Crippen molar-refractivity contribution >= 4 is 46.1 Å². The molecule has 70 heavy (non-hydrogen) atoms. The number of halogens is 1. The zero-order valence-corrected chi connectivity index (χ0v) is 42.1. The number of nitrogens with two attached hydrogens (primary N) is 1. The van der Waals surface area contributed by atoms with Crippen molar-refractivity contribution in [2.45, 2.75) is 76.7 Å². The number of hydrogen-bond acceptors (Lipinski definition) is 12. The zero-order valence-electron chi connectivity index (χ0n) is 39.3. The number of nitrogens with zero attached hydrogens (tertiary/aromatic N) is 9. The van der Waals surface area contributed by atoms with Crippen LogP contribution in [0.2, 0.25) is 0 Å². The Morgan fingerprint density at radius 2 is 1.79 bits per heavy atom. The van der Waals surface area contributed by atoms with Crippen molar-refractivity contribution in [1.29, 1.82) is 0 Å². The van der Waals surface area contributed by atoms with Crippen LogP contribution in [0.5, 0.6) is 11.5 Å². The SMILES string of the molecule is O=C1CCC(N2Cc3[c-]cccc3C2=O)C(=O)C1.[C-]#[N+]/C(=C\C(C)(C)N1CCN(CCNC([CH2-])=O)CC1)C(=O)N1CCC[C@H]1Cn1nc(-c2ccc(Oc3ccccc3)cc2F)c2c(N)ncnc21.[Y]. The number of aromatic nitrogens is 4. The van der Waals surface area contributed by atoms with Gasteiger partial charge in [0.1, 0.15) is 40.9 Å². The Morgan fingerprint density at radius 3 is 2.49 bits per heavy atom. The third-order valence-electron chi connectivity index (χ3n) is 13.1. The molecule has 3 aliphatic heterocycles. The van der Waals surface area contributed by atoms with Gasteiger partial charge in [-0.1, -0.05) is 29.8 Å². The minimum atomic E-state index is -0.547. The Hall–Kier alpha value is -6.39. The summed E-state index contributed by atoms with van der Waals surface area (Å²) in [6.07, 6.45) is 5.40. The van der Waals surface area contributed by atoms with Crippen LogP contribution in [-0.2, 0) is 65.0 Å². The molecule has 19 heteroatoms. The summed E-state index contributed by atoms with van der Waals surface area (Å²) >= 11 is 0. The molecule has 3 N–H and O–H groups in total. The maximum Gasteiger partial charge on any atom is 0.252 e. The molecule has 3 fully saturated rings. The average Bonchev–Trinajstić information content (AvgIpc) is 4.05.